The smallest absolute Gasteiger partial charge is 0.349 e. The molecule has 2 heterocycles. The highest BCUT2D eigenvalue weighted by atomic mass is 32.2. The van der Waals surface area contributed by atoms with Crippen LogP contribution in [0.15, 0.2) is 69.6 Å². The lowest BCUT2D eigenvalue weighted by atomic mass is 10.1. The van der Waals surface area contributed by atoms with Gasteiger partial charge < -0.3 is 4.74 Å². The largest absolute Gasteiger partial charge is 0.497 e. The van der Waals surface area contributed by atoms with Crippen molar-refractivity contribution in [1.82, 2.24) is 19.6 Å². The number of nitrogens with one attached hydrogen (secondary N) is 1. The molecule has 0 bridgehead atoms. The van der Waals surface area contributed by atoms with E-state index in [0.717, 1.165) is 27.3 Å². The first-order valence-corrected chi connectivity index (χ1v) is 8.82. The number of H-pyrrole nitrogens is 1. The summed E-state index contributed by atoms with van der Waals surface area (Å²) in [5.41, 5.74) is 3.20. The summed E-state index contributed by atoms with van der Waals surface area (Å²) in [6, 6.07) is 14.2. The van der Waals surface area contributed by atoms with Crippen molar-refractivity contribution in [1.29, 1.82) is 0 Å². The second kappa shape index (κ2) is 6.68. The molecule has 2 aromatic heterocycles. The normalized spacial score (nSPS) is 11.0. The van der Waals surface area contributed by atoms with E-state index in [0.29, 0.717) is 5.65 Å². The molecule has 0 radical (unpaired) electrons. The maximum atomic E-state index is 11.8. The highest BCUT2D eigenvalue weighted by molar-refractivity contribution is 7.99. The number of benzene rings is 2. The summed E-state index contributed by atoms with van der Waals surface area (Å²) in [5, 5.41) is 4.12. The molecule has 7 heteroatoms. The van der Waals surface area contributed by atoms with Crippen molar-refractivity contribution in [2.75, 3.05) is 7.11 Å². The maximum Gasteiger partial charge on any atom is 0.349 e. The molecule has 0 spiro atoms. The molecule has 0 saturated carbocycles. The van der Waals surface area contributed by atoms with Crippen LogP contribution in [0.3, 0.4) is 0 Å². The van der Waals surface area contributed by atoms with Crippen LogP contribution in [-0.4, -0.2) is 26.7 Å². The molecule has 2 aromatic carbocycles. The Morgan fingerprint density at radius 2 is 1.96 bits per heavy atom. The van der Waals surface area contributed by atoms with Crippen LogP contribution in [0.4, 0.5) is 0 Å². The third kappa shape index (κ3) is 2.97. The van der Waals surface area contributed by atoms with Gasteiger partial charge in [-0.3, -0.25) is 4.98 Å². The van der Waals surface area contributed by atoms with E-state index in [1.165, 1.54) is 15.7 Å². The van der Waals surface area contributed by atoms with E-state index in [1.54, 1.807) is 25.1 Å². The molecule has 1 N–H and O–H groups in total. The molecule has 26 heavy (non-hydrogen) atoms. The van der Waals surface area contributed by atoms with E-state index in [4.69, 9.17) is 4.74 Å². The van der Waals surface area contributed by atoms with Crippen LogP contribution in [0, 0.1) is 6.92 Å². The number of fused-ring (bicyclic) bond motifs is 1. The highest BCUT2D eigenvalue weighted by Gasteiger charge is 2.11. The number of nitrogens with zero attached hydrogens (tertiary/aromatic N) is 3. The zero-order valence-corrected chi connectivity index (χ0v) is 15.1. The van der Waals surface area contributed by atoms with E-state index >= 15 is 0 Å². The molecule has 6 nitrogen and oxygen atoms in total. The van der Waals surface area contributed by atoms with Gasteiger partial charge in [-0.2, -0.15) is 9.61 Å². The molecule has 0 atom stereocenters. The van der Waals surface area contributed by atoms with Crippen molar-refractivity contribution in [3.63, 3.8) is 0 Å². The van der Waals surface area contributed by atoms with Crippen LogP contribution in [-0.2, 0) is 0 Å². The lowest BCUT2D eigenvalue weighted by Gasteiger charge is -2.08. The predicted molar refractivity (Wildman–Crippen MR) is 101 cm³/mol. The summed E-state index contributed by atoms with van der Waals surface area (Å²) < 4.78 is 6.46. The van der Waals surface area contributed by atoms with Crippen LogP contribution in [0.2, 0.25) is 0 Å². The number of aromatic amines is 1. The van der Waals surface area contributed by atoms with E-state index < -0.39 is 0 Å². The highest BCUT2D eigenvalue weighted by Crippen LogP contribution is 2.34. The number of aryl methyl sites for hydroxylation is 1. The first-order valence-electron chi connectivity index (χ1n) is 8.00. The Bertz CT molecular complexity index is 1130. The Kier molecular flexibility index (Phi) is 4.22. The van der Waals surface area contributed by atoms with Crippen molar-refractivity contribution < 1.29 is 4.74 Å². The topological polar surface area (TPSA) is 72.3 Å². The minimum Gasteiger partial charge on any atom is -0.497 e. The van der Waals surface area contributed by atoms with E-state index in [1.807, 2.05) is 30.3 Å². The average Bonchev–Trinajstić information content (AvgIpc) is 3.09. The fourth-order valence-electron chi connectivity index (χ4n) is 2.73. The Hall–Kier alpha value is -3.06. The lowest BCUT2D eigenvalue weighted by molar-refractivity contribution is 0.414. The molecule has 4 aromatic rings. The van der Waals surface area contributed by atoms with Crippen molar-refractivity contribution in [3.05, 3.63) is 71.0 Å². The summed E-state index contributed by atoms with van der Waals surface area (Å²) in [6.45, 7) is 2.07. The van der Waals surface area contributed by atoms with Gasteiger partial charge in [0.2, 0.25) is 0 Å². The summed E-state index contributed by atoms with van der Waals surface area (Å²) >= 11 is 1.70. The molecule has 0 amide bonds. The Morgan fingerprint density at radius 3 is 2.69 bits per heavy atom. The van der Waals surface area contributed by atoms with Gasteiger partial charge in [0.05, 0.1) is 19.6 Å². The minimum absolute atomic E-state index is 0.301. The van der Waals surface area contributed by atoms with Crippen LogP contribution >= 0.6 is 11.8 Å². The van der Waals surface area contributed by atoms with Crippen molar-refractivity contribution in [3.8, 4) is 16.9 Å². The molecule has 4 rings (SSSR count). The molecule has 0 unspecified atom stereocenters. The molecule has 0 fully saturated rings. The van der Waals surface area contributed by atoms with Gasteiger partial charge >= 0.3 is 5.69 Å². The predicted octanol–water partition coefficient (Wildman–Crippen LogP) is 3.55. The van der Waals surface area contributed by atoms with Crippen molar-refractivity contribution >= 4 is 17.4 Å². The number of aromatic nitrogens is 4. The van der Waals surface area contributed by atoms with Gasteiger partial charge in [-0.1, -0.05) is 23.9 Å². The van der Waals surface area contributed by atoms with Gasteiger partial charge in [0.25, 0.3) is 0 Å². The lowest BCUT2D eigenvalue weighted by Crippen LogP contribution is -2.17. The van der Waals surface area contributed by atoms with Crippen molar-refractivity contribution in [2.45, 2.75) is 16.7 Å². The fourth-order valence-corrected chi connectivity index (χ4v) is 3.61. The second-order valence-corrected chi connectivity index (χ2v) is 6.87. The van der Waals surface area contributed by atoms with Crippen LogP contribution in [0.5, 0.6) is 5.75 Å². The van der Waals surface area contributed by atoms with Crippen molar-refractivity contribution in [2.24, 2.45) is 0 Å². The third-order valence-corrected chi connectivity index (χ3v) is 5.27. The van der Waals surface area contributed by atoms with Crippen LogP contribution in [0.1, 0.15) is 5.56 Å². The SMILES string of the molecule is COc1ccc(Sc2ccc(-c3cnn4c(=O)[nH]cnc34)cc2C)cc1. The summed E-state index contributed by atoms with van der Waals surface area (Å²) in [5.74, 6) is 0.844. The molecule has 0 aliphatic carbocycles. The van der Waals surface area contributed by atoms with Crippen LogP contribution < -0.4 is 10.4 Å². The summed E-state index contributed by atoms with van der Waals surface area (Å²) in [6.07, 6.45) is 3.06. The van der Waals surface area contributed by atoms with Gasteiger partial charge in [0, 0.05) is 15.4 Å². The Labute approximate surface area is 153 Å². The third-order valence-electron chi connectivity index (χ3n) is 4.08. The zero-order valence-electron chi connectivity index (χ0n) is 14.3. The molecular formula is C19H16N4O2S. The van der Waals surface area contributed by atoms with Gasteiger partial charge in [-0.05, 0) is 48.4 Å². The minimum atomic E-state index is -0.301. The quantitative estimate of drug-likeness (QED) is 0.599. The zero-order chi connectivity index (χ0) is 18.1. The van der Waals surface area contributed by atoms with Gasteiger partial charge in [0.15, 0.2) is 5.65 Å². The number of hydrogen-bond donors (Lipinski definition) is 1. The summed E-state index contributed by atoms with van der Waals surface area (Å²) in [4.78, 5) is 20.9. The van der Waals surface area contributed by atoms with Gasteiger partial charge in [-0.15, -0.1) is 0 Å². The second-order valence-electron chi connectivity index (χ2n) is 5.76. The van der Waals surface area contributed by atoms with Crippen LogP contribution in [0.25, 0.3) is 16.8 Å². The molecule has 0 aliphatic heterocycles. The Balaban J connectivity index is 1.66. The van der Waals surface area contributed by atoms with Gasteiger partial charge in [0.1, 0.15) is 5.75 Å². The first kappa shape index (κ1) is 16.4. The molecule has 0 aliphatic rings. The molecular weight excluding hydrogens is 348 g/mol. The molecule has 0 saturated heterocycles. The number of methoxy groups -OCH3 is 1. The first-order chi connectivity index (χ1) is 12.7. The fraction of sp³-hybridized carbons (Fsp3) is 0.105. The molecule has 130 valence electrons. The monoisotopic (exact) mass is 364 g/mol. The number of ether oxygens (including phenoxy) is 1. The average molecular weight is 364 g/mol. The van der Waals surface area contributed by atoms with E-state index in [2.05, 4.69) is 34.1 Å². The van der Waals surface area contributed by atoms with E-state index in [9.17, 15) is 4.79 Å². The number of rotatable bonds is 4. The summed E-state index contributed by atoms with van der Waals surface area (Å²) in [7, 11) is 1.66. The Morgan fingerprint density at radius 1 is 1.15 bits per heavy atom. The van der Waals surface area contributed by atoms with Gasteiger partial charge in [-0.25, -0.2) is 9.78 Å². The number of hydrogen-bond acceptors (Lipinski definition) is 5. The maximum absolute atomic E-state index is 11.8. The standard InChI is InChI=1S/C19H16N4O2S/c1-12-9-13(16-10-22-23-18(16)20-11-21-19(23)24)3-8-17(12)26-15-6-4-14(25-2)5-7-15/h3-11H,1-2H3,(H,20,21,24). The van der Waals surface area contributed by atoms with E-state index in [-0.39, 0.29) is 5.69 Å².